The zero-order chi connectivity index (χ0) is 47.0. The molecule has 0 aliphatic carbocycles. The summed E-state index contributed by atoms with van der Waals surface area (Å²) in [7, 11) is 0. The number of rotatable bonds is 6. The van der Waals surface area contributed by atoms with Crippen LogP contribution in [0.3, 0.4) is 0 Å². The van der Waals surface area contributed by atoms with Crippen molar-refractivity contribution < 1.29 is 13.2 Å². The number of nitriles is 2. The van der Waals surface area contributed by atoms with Gasteiger partial charge in [0, 0.05) is 38.2 Å². The maximum absolute atomic E-state index is 14.3. The molecule has 0 N–H and O–H groups in total. The molecule has 0 fully saturated rings. The molecule has 0 saturated heterocycles. The van der Waals surface area contributed by atoms with Gasteiger partial charge in [0.05, 0.1) is 62.3 Å². The number of benzene rings is 9. The van der Waals surface area contributed by atoms with Crippen LogP contribution in [0.2, 0.25) is 0 Å². The van der Waals surface area contributed by atoms with E-state index in [-0.39, 0.29) is 5.56 Å². The molecule has 0 spiro atoms. The predicted molar refractivity (Wildman–Crippen MR) is 270 cm³/mol. The van der Waals surface area contributed by atoms with E-state index >= 15 is 0 Å². The molecule has 11 aromatic rings. The van der Waals surface area contributed by atoms with Crippen molar-refractivity contribution in [1.29, 1.82) is 10.5 Å². The Labute approximate surface area is 391 Å². The lowest BCUT2D eigenvalue weighted by Gasteiger charge is -2.23. The molecule has 0 radical (unpaired) electrons. The molecule has 68 heavy (non-hydrogen) atoms. The number of aryl methyl sites for hydroxylation is 4. The second-order valence-corrected chi connectivity index (χ2v) is 17.8. The highest BCUT2D eigenvalue weighted by Gasteiger charge is 2.32. The largest absolute Gasteiger partial charge is 0.416 e. The van der Waals surface area contributed by atoms with Crippen molar-refractivity contribution in [2.24, 2.45) is 0 Å². The van der Waals surface area contributed by atoms with Crippen molar-refractivity contribution in [2.75, 3.05) is 0 Å². The van der Waals surface area contributed by atoms with E-state index in [0.717, 1.165) is 78.0 Å². The Hall–Kier alpha value is -8.65. The van der Waals surface area contributed by atoms with Gasteiger partial charge >= 0.3 is 6.18 Å². The van der Waals surface area contributed by atoms with E-state index in [0.29, 0.717) is 39.2 Å². The van der Waals surface area contributed by atoms with Gasteiger partial charge in [-0.3, -0.25) is 0 Å². The van der Waals surface area contributed by atoms with Gasteiger partial charge in [-0.05, 0) is 122 Å². The molecule has 0 bridgehead atoms. The van der Waals surface area contributed by atoms with Gasteiger partial charge in [0.25, 0.3) is 0 Å². The number of hydrogen-bond acceptors (Lipinski definition) is 2. The van der Waals surface area contributed by atoms with Crippen LogP contribution in [0, 0.1) is 50.4 Å². The van der Waals surface area contributed by atoms with E-state index in [1.165, 1.54) is 28.3 Å². The Morgan fingerprint density at radius 3 is 1.35 bits per heavy atom. The van der Waals surface area contributed by atoms with Crippen LogP contribution in [-0.4, -0.2) is 9.13 Å². The van der Waals surface area contributed by atoms with E-state index in [9.17, 15) is 23.7 Å². The van der Waals surface area contributed by atoms with Crippen LogP contribution in [0.5, 0.6) is 0 Å². The molecule has 0 amide bonds. The summed E-state index contributed by atoms with van der Waals surface area (Å²) in [6.45, 7) is 8.40. The highest BCUT2D eigenvalue weighted by Crippen LogP contribution is 2.48. The Morgan fingerprint density at radius 1 is 0.382 bits per heavy atom. The summed E-state index contributed by atoms with van der Waals surface area (Å²) in [5.74, 6) is 0. The number of para-hydroxylation sites is 2. The van der Waals surface area contributed by atoms with E-state index in [1.807, 2.05) is 54.6 Å². The molecule has 7 heteroatoms. The Balaban J connectivity index is 1.26. The summed E-state index contributed by atoms with van der Waals surface area (Å²) in [6, 6.07) is 61.7. The molecule has 0 saturated carbocycles. The first kappa shape index (κ1) is 42.0. The van der Waals surface area contributed by atoms with Crippen molar-refractivity contribution in [3.05, 3.63) is 215 Å². The molecule has 0 unspecified atom stereocenters. The second-order valence-electron chi connectivity index (χ2n) is 17.8. The maximum Gasteiger partial charge on any atom is 0.416 e. The van der Waals surface area contributed by atoms with E-state index in [1.54, 1.807) is 6.07 Å². The van der Waals surface area contributed by atoms with Gasteiger partial charge in [0.2, 0.25) is 0 Å². The van der Waals surface area contributed by atoms with Gasteiger partial charge in [-0.15, -0.1) is 0 Å². The normalized spacial score (nSPS) is 11.7. The third kappa shape index (κ3) is 6.91. The zero-order valence-corrected chi connectivity index (χ0v) is 37.7. The summed E-state index contributed by atoms with van der Waals surface area (Å²) in [5, 5.41) is 25.9. The third-order valence-electron chi connectivity index (χ3n) is 13.1. The molecule has 2 aromatic heterocycles. The first-order valence-electron chi connectivity index (χ1n) is 22.4. The molecule has 0 atom stereocenters. The Morgan fingerprint density at radius 2 is 0.853 bits per heavy atom. The van der Waals surface area contributed by atoms with E-state index < -0.39 is 11.7 Å². The highest BCUT2D eigenvalue weighted by atomic mass is 19.4. The van der Waals surface area contributed by atoms with Crippen LogP contribution < -0.4 is 0 Å². The van der Waals surface area contributed by atoms with Crippen LogP contribution in [0.15, 0.2) is 176 Å². The van der Waals surface area contributed by atoms with Gasteiger partial charge in [0.1, 0.15) is 0 Å². The smallest absolute Gasteiger partial charge is 0.309 e. The standard InChI is InChI=1S/C61H41F3N4/c1-36-25-37(2)28-43(27-36)40-19-23-55-51(32-40)48-12-5-7-15-53(48)67(55)57-17-9-11-42(34-65)59(57)60-50(47-22-21-46(61(62,63)64)31-45(47)35-66)14-10-18-58(60)68-54-16-8-6-13-49(54)52-33-41(20-24-56(52)68)44-29-38(3)26-39(4)30-44/h5-33H,1-4H3. The Kier molecular flexibility index (Phi) is 9.92. The SMILES string of the molecule is Cc1cc(C)cc(-c2ccc3c(c2)c2ccccc2n3-c2cccc(C#N)c2-c2c(-c3ccc(C(F)(F)F)cc3C#N)cccc2-n2c3ccccc3c3cc(-c4cc(C)cc(C)c4)ccc32)c1. The van der Waals surface area contributed by atoms with Crippen molar-refractivity contribution in [1.82, 2.24) is 9.13 Å². The minimum atomic E-state index is -4.66. The van der Waals surface area contributed by atoms with Gasteiger partial charge < -0.3 is 9.13 Å². The highest BCUT2D eigenvalue weighted by molar-refractivity contribution is 6.13. The fraction of sp³-hybridized carbons (Fsp3) is 0.0820. The third-order valence-corrected chi connectivity index (χ3v) is 13.1. The van der Waals surface area contributed by atoms with Crippen LogP contribution in [0.25, 0.3) is 99.5 Å². The van der Waals surface area contributed by atoms with Gasteiger partial charge in [-0.25, -0.2) is 0 Å². The first-order chi connectivity index (χ1) is 32.9. The molecule has 0 aliphatic heterocycles. The average molecular weight is 887 g/mol. The lowest BCUT2D eigenvalue weighted by molar-refractivity contribution is -0.137. The minimum Gasteiger partial charge on any atom is -0.309 e. The fourth-order valence-corrected chi connectivity index (χ4v) is 10.5. The molecule has 0 aliphatic rings. The van der Waals surface area contributed by atoms with E-state index in [2.05, 4.69) is 146 Å². The van der Waals surface area contributed by atoms with Crippen LogP contribution in [0.1, 0.15) is 38.9 Å². The first-order valence-corrected chi connectivity index (χ1v) is 22.4. The molecule has 2 heterocycles. The number of aromatic nitrogens is 2. The summed E-state index contributed by atoms with van der Waals surface area (Å²) in [4.78, 5) is 0. The maximum atomic E-state index is 14.3. The lowest BCUT2D eigenvalue weighted by atomic mass is 9.87. The van der Waals surface area contributed by atoms with E-state index in [4.69, 9.17) is 0 Å². The molecule has 326 valence electrons. The molecule has 4 nitrogen and oxygen atoms in total. The van der Waals surface area contributed by atoms with Crippen molar-refractivity contribution in [2.45, 2.75) is 33.9 Å². The molecular formula is C61H41F3N4. The van der Waals surface area contributed by atoms with Gasteiger partial charge in [-0.1, -0.05) is 131 Å². The van der Waals surface area contributed by atoms with Crippen molar-refractivity contribution in [3.8, 4) is 68.0 Å². The Bertz CT molecular complexity index is 3940. The summed E-state index contributed by atoms with van der Waals surface area (Å²) in [6.07, 6.45) is -4.66. The van der Waals surface area contributed by atoms with Crippen molar-refractivity contribution >= 4 is 43.6 Å². The molecule has 11 rings (SSSR count). The number of alkyl halides is 3. The van der Waals surface area contributed by atoms with Crippen LogP contribution in [-0.2, 0) is 6.18 Å². The summed E-state index contributed by atoms with van der Waals surface area (Å²) in [5.41, 5.74) is 15.4. The predicted octanol–water partition coefficient (Wildman–Crippen LogP) is 16.5. The molecule has 9 aromatic carbocycles. The second kappa shape index (κ2) is 16.0. The fourth-order valence-electron chi connectivity index (χ4n) is 10.5. The number of fused-ring (bicyclic) bond motifs is 6. The summed E-state index contributed by atoms with van der Waals surface area (Å²) >= 11 is 0. The van der Waals surface area contributed by atoms with Gasteiger partial charge in [0.15, 0.2) is 0 Å². The zero-order valence-electron chi connectivity index (χ0n) is 37.7. The number of nitrogens with zero attached hydrogens (tertiary/aromatic N) is 4. The monoisotopic (exact) mass is 886 g/mol. The minimum absolute atomic E-state index is 0.134. The van der Waals surface area contributed by atoms with Gasteiger partial charge in [-0.2, -0.15) is 23.7 Å². The lowest BCUT2D eigenvalue weighted by Crippen LogP contribution is -2.07. The average Bonchev–Trinajstić information content (AvgIpc) is 3.84. The van der Waals surface area contributed by atoms with Crippen LogP contribution in [0.4, 0.5) is 13.2 Å². The topological polar surface area (TPSA) is 57.4 Å². The molecular weight excluding hydrogens is 846 g/mol. The van der Waals surface area contributed by atoms with Crippen LogP contribution >= 0.6 is 0 Å². The summed E-state index contributed by atoms with van der Waals surface area (Å²) < 4.78 is 47.2. The number of halogens is 3. The number of hydrogen-bond donors (Lipinski definition) is 0. The van der Waals surface area contributed by atoms with Crippen molar-refractivity contribution in [3.63, 3.8) is 0 Å². The quantitative estimate of drug-likeness (QED) is 0.167.